The normalized spacial score (nSPS) is 13.9. The lowest BCUT2D eigenvalue weighted by molar-refractivity contribution is -0.383. The van der Waals surface area contributed by atoms with Gasteiger partial charge in [0, 0.05) is 11.5 Å². The van der Waals surface area contributed by atoms with E-state index >= 15 is 0 Å². The number of ether oxygens (including phenoxy) is 1. The monoisotopic (exact) mass is 295 g/mol. The van der Waals surface area contributed by atoms with E-state index < -0.39 is 29.5 Å². The highest BCUT2D eigenvalue weighted by Gasteiger charge is 2.27. The van der Waals surface area contributed by atoms with Crippen LogP contribution in [-0.2, 0) is 9.53 Å². The number of carbonyl (C=O) groups is 1. The molecule has 2 rings (SSSR count). The summed E-state index contributed by atoms with van der Waals surface area (Å²) in [5, 5.41) is 37.3. The van der Waals surface area contributed by atoms with Crippen LogP contribution in [0.1, 0.15) is 18.2 Å². The van der Waals surface area contributed by atoms with Gasteiger partial charge in [-0.15, -0.1) is 0 Å². The van der Waals surface area contributed by atoms with Crippen LogP contribution in [0.2, 0.25) is 0 Å². The van der Waals surface area contributed by atoms with E-state index in [1.54, 1.807) is 0 Å². The van der Waals surface area contributed by atoms with Crippen LogP contribution in [0.5, 0.6) is 0 Å². The summed E-state index contributed by atoms with van der Waals surface area (Å²) in [6, 6.07) is 4.25. The molecule has 0 saturated carbocycles. The van der Waals surface area contributed by atoms with Gasteiger partial charge in [-0.3, -0.25) is 20.0 Å². The summed E-state index contributed by atoms with van der Waals surface area (Å²) in [4.78, 5) is 21.4. The molecule has 0 fully saturated rings. The first-order valence-corrected chi connectivity index (χ1v) is 6.00. The number of aliphatic hydroxyl groups excluding tert-OH is 2. The molecule has 1 aromatic heterocycles. The van der Waals surface area contributed by atoms with Crippen LogP contribution in [-0.4, -0.2) is 44.5 Å². The number of benzene rings is 1. The Hall–Kier alpha value is -2.52. The zero-order valence-electron chi connectivity index (χ0n) is 11.0. The number of aliphatic hydroxyl groups is 2. The summed E-state index contributed by atoms with van der Waals surface area (Å²) >= 11 is 0. The Labute approximate surface area is 118 Å². The van der Waals surface area contributed by atoms with E-state index in [-0.39, 0.29) is 16.9 Å². The quantitative estimate of drug-likeness (QED) is 0.413. The van der Waals surface area contributed by atoms with E-state index in [0.29, 0.717) is 5.39 Å². The van der Waals surface area contributed by atoms with Gasteiger partial charge in [-0.2, -0.15) is 5.10 Å². The number of nitrogens with one attached hydrogen (secondary N) is 1. The molecular formula is C12H13N3O6. The smallest absolute Gasteiger partial charge is 0.308 e. The zero-order valence-corrected chi connectivity index (χ0v) is 11.0. The molecule has 2 unspecified atom stereocenters. The number of hydrogen-bond donors (Lipinski definition) is 3. The SMILES string of the molecule is COC(=O)CC(O)C(O)c1[nH]nc2c([N+](=O)[O-])cccc12. The number of methoxy groups -OCH3 is 1. The highest BCUT2D eigenvalue weighted by molar-refractivity contribution is 5.89. The third kappa shape index (κ3) is 2.83. The molecular weight excluding hydrogens is 282 g/mol. The first-order valence-electron chi connectivity index (χ1n) is 6.00. The molecule has 21 heavy (non-hydrogen) atoms. The van der Waals surface area contributed by atoms with E-state index in [9.17, 15) is 25.1 Å². The van der Waals surface area contributed by atoms with Crippen LogP contribution in [0.4, 0.5) is 5.69 Å². The average Bonchev–Trinajstić information content (AvgIpc) is 2.89. The summed E-state index contributed by atoms with van der Waals surface area (Å²) in [6.07, 6.45) is -3.27. The molecule has 9 heteroatoms. The second-order valence-electron chi connectivity index (χ2n) is 4.36. The lowest BCUT2D eigenvalue weighted by Gasteiger charge is -2.15. The number of H-pyrrole nitrogens is 1. The van der Waals surface area contributed by atoms with Crippen molar-refractivity contribution in [3.8, 4) is 0 Å². The van der Waals surface area contributed by atoms with Crippen molar-refractivity contribution in [1.82, 2.24) is 10.2 Å². The minimum atomic E-state index is -1.45. The molecule has 0 aliphatic heterocycles. The fourth-order valence-corrected chi connectivity index (χ4v) is 1.97. The predicted octanol–water partition coefficient (Wildman–Crippen LogP) is 0.429. The summed E-state index contributed by atoms with van der Waals surface area (Å²) in [5.74, 6) is -0.684. The maximum atomic E-state index is 11.1. The molecule has 1 heterocycles. The van der Waals surface area contributed by atoms with Crippen LogP contribution in [0, 0.1) is 10.1 Å². The zero-order chi connectivity index (χ0) is 15.6. The van der Waals surface area contributed by atoms with E-state index in [1.165, 1.54) is 18.2 Å². The summed E-state index contributed by atoms with van der Waals surface area (Å²) < 4.78 is 4.40. The summed E-state index contributed by atoms with van der Waals surface area (Å²) in [5.41, 5.74) is -0.0448. The van der Waals surface area contributed by atoms with Crippen molar-refractivity contribution >= 4 is 22.6 Å². The number of hydrogen-bond acceptors (Lipinski definition) is 7. The number of rotatable bonds is 5. The molecule has 2 aromatic rings. The fraction of sp³-hybridized carbons (Fsp3) is 0.333. The first-order chi connectivity index (χ1) is 9.95. The van der Waals surface area contributed by atoms with Crippen LogP contribution in [0.25, 0.3) is 10.9 Å². The fourth-order valence-electron chi connectivity index (χ4n) is 1.97. The Balaban J connectivity index is 2.36. The minimum Gasteiger partial charge on any atom is -0.469 e. The third-order valence-corrected chi connectivity index (χ3v) is 3.05. The van der Waals surface area contributed by atoms with Crippen molar-refractivity contribution in [3.63, 3.8) is 0 Å². The van der Waals surface area contributed by atoms with Crippen molar-refractivity contribution < 1.29 is 24.7 Å². The number of esters is 1. The number of aromatic nitrogens is 2. The first kappa shape index (κ1) is 14.9. The second kappa shape index (κ2) is 5.85. The van der Waals surface area contributed by atoms with Crippen LogP contribution in [0.3, 0.4) is 0 Å². The molecule has 2 atom stereocenters. The molecule has 0 aliphatic rings. The van der Waals surface area contributed by atoms with Crippen molar-refractivity contribution in [2.45, 2.75) is 18.6 Å². The number of carbonyl (C=O) groups excluding carboxylic acids is 1. The van der Waals surface area contributed by atoms with Crippen molar-refractivity contribution in [1.29, 1.82) is 0 Å². The largest absolute Gasteiger partial charge is 0.469 e. The van der Waals surface area contributed by atoms with Gasteiger partial charge < -0.3 is 14.9 Å². The second-order valence-corrected chi connectivity index (χ2v) is 4.36. The van der Waals surface area contributed by atoms with Gasteiger partial charge >= 0.3 is 5.97 Å². The molecule has 1 aromatic carbocycles. The highest BCUT2D eigenvalue weighted by Crippen LogP contribution is 2.30. The molecule has 3 N–H and O–H groups in total. The predicted molar refractivity (Wildman–Crippen MR) is 70.3 cm³/mol. The molecule has 0 spiro atoms. The maximum Gasteiger partial charge on any atom is 0.308 e. The number of nitro benzene ring substituents is 1. The lowest BCUT2D eigenvalue weighted by atomic mass is 10.0. The molecule has 112 valence electrons. The van der Waals surface area contributed by atoms with E-state index in [1.807, 2.05) is 0 Å². The molecule has 9 nitrogen and oxygen atoms in total. The average molecular weight is 295 g/mol. The van der Waals surface area contributed by atoms with E-state index in [0.717, 1.165) is 7.11 Å². The number of para-hydroxylation sites is 1. The Kier molecular flexibility index (Phi) is 4.15. The van der Waals surface area contributed by atoms with Gasteiger partial charge in [0.15, 0.2) is 5.52 Å². The highest BCUT2D eigenvalue weighted by atomic mass is 16.6. The van der Waals surface area contributed by atoms with Gasteiger partial charge in [-0.1, -0.05) is 12.1 Å². The maximum absolute atomic E-state index is 11.1. The van der Waals surface area contributed by atoms with Gasteiger partial charge in [0.25, 0.3) is 5.69 Å². The number of non-ortho nitro benzene ring substituents is 1. The minimum absolute atomic E-state index is 0.0711. The standard InChI is InChI=1S/C12H13N3O6/c1-21-9(17)5-8(16)12(18)11-6-3-2-4-7(15(19)20)10(6)13-14-11/h2-4,8,12,16,18H,5H2,1H3,(H,13,14). The van der Waals surface area contributed by atoms with Crippen LogP contribution >= 0.6 is 0 Å². The van der Waals surface area contributed by atoms with E-state index in [4.69, 9.17) is 0 Å². The van der Waals surface area contributed by atoms with Crippen LogP contribution < -0.4 is 0 Å². The number of aromatic amines is 1. The Bertz CT molecular complexity index is 683. The van der Waals surface area contributed by atoms with Crippen LogP contribution in [0.15, 0.2) is 18.2 Å². The topological polar surface area (TPSA) is 139 Å². The van der Waals surface area contributed by atoms with Gasteiger partial charge in [-0.05, 0) is 0 Å². The number of nitro groups is 1. The Morgan fingerprint density at radius 3 is 2.86 bits per heavy atom. The molecule has 0 radical (unpaired) electrons. The Morgan fingerprint density at radius 2 is 2.24 bits per heavy atom. The van der Waals surface area contributed by atoms with Crippen molar-refractivity contribution in [2.75, 3.05) is 7.11 Å². The number of nitrogens with zero attached hydrogens (tertiary/aromatic N) is 2. The van der Waals surface area contributed by atoms with Crippen molar-refractivity contribution in [2.24, 2.45) is 0 Å². The van der Waals surface area contributed by atoms with Gasteiger partial charge in [-0.25, -0.2) is 0 Å². The molecule has 0 amide bonds. The van der Waals surface area contributed by atoms with Crippen molar-refractivity contribution in [3.05, 3.63) is 34.0 Å². The summed E-state index contributed by atoms with van der Waals surface area (Å²) in [6.45, 7) is 0. The molecule has 0 aliphatic carbocycles. The Morgan fingerprint density at radius 1 is 1.52 bits per heavy atom. The van der Waals surface area contributed by atoms with Gasteiger partial charge in [0.1, 0.15) is 6.10 Å². The van der Waals surface area contributed by atoms with E-state index in [2.05, 4.69) is 14.9 Å². The third-order valence-electron chi connectivity index (χ3n) is 3.05. The van der Waals surface area contributed by atoms with Gasteiger partial charge in [0.2, 0.25) is 0 Å². The summed E-state index contributed by atoms with van der Waals surface area (Å²) in [7, 11) is 1.16. The molecule has 0 bridgehead atoms. The molecule has 0 saturated heterocycles. The van der Waals surface area contributed by atoms with Gasteiger partial charge in [0.05, 0.1) is 30.3 Å². The number of fused-ring (bicyclic) bond motifs is 1. The lowest BCUT2D eigenvalue weighted by Crippen LogP contribution is -2.23.